The number of methoxy groups -OCH3 is 1. The third-order valence-corrected chi connectivity index (χ3v) is 5.06. The number of rotatable bonds is 4. The Kier molecular flexibility index (Phi) is 2.13. The van der Waals surface area contributed by atoms with Crippen LogP contribution in [0.25, 0.3) is 0 Å². The summed E-state index contributed by atoms with van der Waals surface area (Å²) in [7, 11) is 1.55. The van der Waals surface area contributed by atoms with Crippen LogP contribution in [0.15, 0.2) is 11.6 Å². The Balaban J connectivity index is 1.78. The van der Waals surface area contributed by atoms with Gasteiger partial charge in [-0.05, 0) is 39.9 Å². The van der Waals surface area contributed by atoms with Crippen molar-refractivity contribution in [1.29, 1.82) is 0 Å². The van der Waals surface area contributed by atoms with Crippen LogP contribution in [0.4, 0.5) is 0 Å². The molecule has 2 saturated heterocycles. The molecule has 6 atom stereocenters. The van der Waals surface area contributed by atoms with Gasteiger partial charge in [0.25, 0.3) is 0 Å². The minimum Gasteiger partial charge on any atom is -0.390 e. The Labute approximate surface area is 129 Å². The fourth-order valence-electron chi connectivity index (χ4n) is 3.84. The number of aliphatic hydroxyl groups excluding tert-OH is 1. The molecule has 2 aliphatic heterocycles. The minimum absolute atomic E-state index is 0.182. The quantitative estimate of drug-likeness (QED) is 0.635. The molecule has 0 bridgehead atoms. The highest BCUT2D eigenvalue weighted by Gasteiger charge is 2.71. The Bertz CT molecular complexity index is 566. The van der Waals surface area contributed by atoms with Gasteiger partial charge in [-0.25, -0.2) is 0 Å². The van der Waals surface area contributed by atoms with E-state index in [1.807, 2.05) is 6.92 Å². The van der Waals surface area contributed by atoms with E-state index < -0.39 is 37.1 Å². The normalized spacial score (nSPS) is 55.8. The summed E-state index contributed by atoms with van der Waals surface area (Å²) < 4.78 is 61.9. The van der Waals surface area contributed by atoms with E-state index in [9.17, 15) is 5.11 Å². The summed E-state index contributed by atoms with van der Waals surface area (Å²) in [6, 6.07) is 0. The fourth-order valence-corrected chi connectivity index (χ4v) is 3.84. The van der Waals surface area contributed by atoms with Crippen molar-refractivity contribution >= 4 is 0 Å². The first kappa shape index (κ1) is 8.89. The molecule has 1 N–H and O–H groups in total. The van der Waals surface area contributed by atoms with Crippen molar-refractivity contribution < 1.29 is 27.5 Å². The van der Waals surface area contributed by atoms with Crippen LogP contribution >= 0.6 is 0 Å². The number of hydrogen-bond donors (Lipinski definition) is 1. The molecule has 2 heterocycles. The van der Waals surface area contributed by atoms with E-state index in [1.165, 1.54) is 6.08 Å². The lowest BCUT2D eigenvalue weighted by Gasteiger charge is -2.41. The van der Waals surface area contributed by atoms with Gasteiger partial charge >= 0.3 is 0 Å². The molecule has 1 aliphatic carbocycles. The standard InChI is InChI=1S/C16H26O4/c1-10(2)5-6-12-15(3,20-12)14-13(18-4)11(17)7-8-16(14)9-19-16/h5,11-14,17H,6-9H2,1-4H3/t11-,12-,13-,14-,15-,16+/m1/s1/i1D3,2D3. The van der Waals surface area contributed by atoms with Crippen molar-refractivity contribution in [2.75, 3.05) is 13.7 Å². The Morgan fingerprint density at radius 1 is 1.55 bits per heavy atom. The Morgan fingerprint density at radius 3 is 2.90 bits per heavy atom. The van der Waals surface area contributed by atoms with E-state index in [4.69, 9.17) is 22.4 Å². The lowest BCUT2D eigenvalue weighted by molar-refractivity contribution is -0.116. The maximum absolute atomic E-state index is 10.3. The van der Waals surface area contributed by atoms with Crippen LogP contribution < -0.4 is 0 Å². The number of epoxide rings is 2. The van der Waals surface area contributed by atoms with Gasteiger partial charge in [0.2, 0.25) is 0 Å². The van der Waals surface area contributed by atoms with E-state index in [2.05, 4.69) is 0 Å². The molecule has 20 heavy (non-hydrogen) atoms. The average molecular weight is 288 g/mol. The zero-order valence-corrected chi connectivity index (χ0v) is 11.9. The van der Waals surface area contributed by atoms with Gasteiger partial charge in [-0.15, -0.1) is 0 Å². The highest BCUT2D eigenvalue weighted by Crippen LogP contribution is 2.59. The molecule has 3 fully saturated rings. The smallest absolute Gasteiger partial charge is 0.101 e. The molecule has 4 nitrogen and oxygen atoms in total. The van der Waals surface area contributed by atoms with Gasteiger partial charge in [-0.2, -0.15) is 0 Å². The molecule has 0 aromatic heterocycles. The Morgan fingerprint density at radius 2 is 2.30 bits per heavy atom. The molecular weight excluding hydrogens is 256 g/mol. The summed E-state index contributed by atoms with van der Waals surface area (Å²) in [5.41, 5.74) is -1.56. The third kappa shape index (κ3) is 2.23. The molecule has 0 aromatic rings. The van der Waals surface area contributed by atoms with E-state index in [-0.39, 0.29) is 24.0 Å². The summed E-state index contributed by atoms with van der Waals surface area (Å²) in [6.45, 7) is -2.86. The second-order valence-electron chi connectivity index (χ2n) is 6.28. The lowest BCUT2D eigenvalue weighted by Crippen LogP contribution is -2.54. The highest BCUT2D eigenvalue weighted by atomic mass is 16.6. The molecule has 114 valence electrons. The molecule has 1 spiro atoms. The molecular formula is C16H26O4. The van der Waals surface area contributed by atoms with Crippen LogP contribution in [-0.2, 0) is 14.2 Å². The average Bonchev–Trinajstić information content (AvgIpc) is 3.38. The first-order valence-electron chi connectivity index (χ1n) is 10.1. The molecule has 0 amide bonds. The van der Waals surface area contributed by atoms with Crippen molar-refractivity contribution in [1.82, 2.24) is 0 Å². The van der Waals surface area contributed by atoms with Crippen molar-refractivity contribution in [3.8, 4) is 0 Å². The van der Waals surface area contributed by atoms with E-state index >= 15 is 0 Å². The maximum Gasteiger partial charge on any atom is 0.101 e. The first-order chi connectivity index (χ1) is 11.8. The number of hydrogen-bond acceptors (Lipinski definition) is 4. The van der Waals surface area contributed by atoms with Crippen LogP contribution in [0.3, 0.4) is 0 Å². The van der Waals surface area contributed by atoms with E-state index in [0.717, 1.165) is 6.42 Å². The summed E-state index contributed by atoms with van der Waals surface area (Å²) in [6.07, 6.45) is 1.37. The fraction of sp³-hybridized carbons (Fsp3) is 0.875. The highest BCUT2D eigenvalue weighted by molar-refractivity contribution is 5.20. The number of ether oxygens (including phenoxy) is 3. The summed E-state index contributed by atoms with van der Waals surface area (Å²) >= 11 is 0. The van der Waals surface area contributed by atoms with Crippen molar-refractivity contribution in [3.05, 3.63) is 11.6 Å². The van der Waals surface area contributed by atoms with Gasteiger partial charge in [0.1, 0.15) is 5.60 Å². The van der Waals surface area contributed by atoms with Gasteiger partial charge in [-0.1, -0.05) is 11.6 Å². The van der Waals surface area contributed by atoms with E-state index in [0.29, 0.717) is 13.0 Å². The van der Waals surface area contributed by atoms with E-state index in [1.54, 1.807) is 7.11 Å². The zero-order valence-electron chi connectivity index (χ0n) is 17.9. The zero-order chi connectivity index (χ0) is 19.5. The molecule has 3 rings (SSSR count). The monoisotopic (exact) mass is 288 g/mol. The molecule has 0 radical (unpaired) electrons. The molecule has 3 aliphatic rings. The van der Waals surface area contributed by atoms with Gasteiger partial charge in [-0.3, -0.25) is 0 Å². The Hall–Kier alpha value is -0.420. The van der Waals surface area contributed by atoms with Gasteiger partial charge in [0.05, 0.1) is 36.4 Å². The predicted molar refractivity (Wildman–Crippen MR) is 75.5 cm³/mol. The number of aliphatic hydroxyl groups is 1. The van der Waals surface area contributed by atoms with Gasteiger partial charge in [0, 0.05) is 15.3 Å². The second kappa shape index (κ2) is 4.80. The molecule has 0 aromatic carbocycles. The second-order valence-corrected chi connectivity index (χ2v) is 6.28. The topological polar surface area (TPSA) is 54.5 Å². The maximum atomic E-state index is 10.3. The van der Waals surface area contributed by atoms with Gasteiger partial charge < -0.3 is 19.3 Å². The SMILES string of the molecule is [2H]C([2H])([2H])C(=CC[C@H]1O[C@@]1(C)[C@H]1[C@H](OC)[C@H](O)CC[C@]12CO2)C([2H])([2H])[2H]. The van der Waals surface area contributed by atoms with Crippen LogP contribution in [0.1, 0.15) is 48.1 Å². The minimum atomic E-state index is -2.67. The van der Waals surface area contributed by atoms with Crippen LogP contribution in [0.2, 0.25) is 0 Å². The summed E-state index contributed by atoms with van der Waals surface area (Å²) in [5, 5.41) is 10.3. The largest absolute Gasteiger partial charge is 0.390 e. The van der Waals surface area contributed by atoms with Crippen LogP contribution in [-0.4, -0.2) is 48.3 Å². The van der Waals surface area contributed by atoms with Crippen LogP contribution in [0.5, 0.6) is 0 Å². The van der Waals surface area contributed by atoms with Crippen molar-refractivity contribution in [2.45, 2.75) is 69.4 Å². The third-order valence-electron chi connectivity index (χ3n) is 5.06. The lowest BCUT2D eigenvalue weighted by atomic mass is 9.68. The van der Waals surface area contributed by atoms with Crippen molar-refractivity contribution in [3.63, 3.8) is 0 Å². The van der Waals surface area contributed by atoms with Gasteiger partial charge in [0.15, 0.2) is 0 Å². The molecule has 0 unspecified atom stereocenters. The summed E-state index contributed by atoms with van der Waals surface area (Å²) in [4.78, 5) is 0. The molecule has 4 heteroatoms. The summed E-state index contributed by atoms with van der Waals surface area (Å²) in [5.74, 6) is -0.189. The predicted octanol–water partition coefficient (Wildman–Crippen LogP) is 2.06. The number of allylic oxidation sites excluding steroid dienone is 1. The van der Waals surface area contributed by atoms with Crippen molar-refractivity contribution in [2.24, 2.45) is 5.92 Å². The molecule has 1 saturated carbocycles. The van der Waals surface area contributed by atoms with Crippen LogP contribution in [0, 0.1) is 5.92 Å². The first-order valence-corrected chi connectivity index (χ1v) is 7.09.